The molecule has 126 valence electrons. The topological polar surface area (TPSA) is 49.4 Å². The zero-order valence-electron chi connectivity index (χ0n) is 13.5. The lowest BCUT2D eigenvalue weighted by Gasteiger charge is -2.21. The number of nitrogens with one attached hydrogen (secondary N) is 1. The second kappa shape index (κ2) is 7.68. The molecule has 0 spiro atoms. The summed E-state index contributed by atoms with van der Waals surface area (Å²) in [7, 11) is 0. The number of nitrogens with zero attached hydrogens (tertiary/aromatic N) is 1. The van der Waals surface area contributed by atoms with Gasteiger partial charge < -0.3 is 10.2 Å². The summed E-state index contributed by atoms with van der Waals surface area (Å²) in [5.74, 6) is -2.99. The Morgan fingerprint density at radius 2 is 1.71 bits per heavy atom. The Labute approximate surface area is 139 Å². The molecule has 6 heteroatoms. The molecule has 0 fully saturated rings. The van der Waals surface area contributed by atoms with E-state index < -0.39 is 35.6 Å². The van der Waals surface area contributed by atoms with E-state index in [2.05, 4.69) is 5.32 Å². The van der Waals surface area contributed by atoms with Crippen LogP contribution < -0.4 is 10.2 Å². The Morgan fingerprint density at radius 1 is 1.08 bits per heavy atom. The van der Waals surface area contributed by atoms with Crippen LogP contribution in [0.3, 0.4) is 0 Å². The van der Waals surface area contributed by atoms with Crippen molar-refractivity contribution in [3.63, 3.8) is 0 Å². The van der Waals surface area contributed by atoms with Gasteiger partial charge in [-0.05, 0) is 43.7 Å². The van der Waals surface area contributed by atoms with Gasteiger partial charge in [-0.2, -0.15) is 0 Å². The largest absolute Gasteiger partial charge is 0.321 e. The molecule has 1 N–H and O–H groups in total. The first-order chi connectivity index (χ1) is 11.4. The number of amides is 2. The highest BCUT2D eigenvalue weighted by molar-refractivity contribution is 6.09. The van der Waals surface area contributed by atoms with Gasteiger partial charge in [-0.1, -0.05) is 18.2 Å². The predicted octanol–water partition coefficient (Wildman–Crippen LogP) is 3.65. The minimum absolute atomic E-state index is 0.379. The van der Waals surface area contributed by atoms with Gasteiger partial charge in [0.1, 0.15) is 23.7 Å². The van der Waals surface area contributed by atoms with Gasteiger partial charge in [-0.15, -0.1) is 0 Å². The van der Waals surface area contributed by atoms with Crippen LogP contribution >= 0.6 is 0 Å². The Hall–Kier alpha value is -2.76. The molecular weight excluding hydrogens is 314 g/mol. The van der Waals surface area contributed by atoms with E-state index in [9.17, 15) is 18.4 Å². The molecule has 0 unspecified atom stereocenters. The number of carbonyl (C=O) groups excluding carboxylic acids is 2. The number of hydrogen-bond acceptors (Lipinski definition) is 2. The Bertz CT molecular complexity index is 742. The molecule has 0 radical (unpaired) electrons. The van der Waals surface area contributed by atoms with Crippen LogP contribution in [-0.2, 0) is 9.59 Å². The van der Waals surface area contributed by atoms with E-state index in [0.717, 1.165) is 17.7 Å². The standard InChI is InChI=1S/C18H18F2N2O2/c1-3-22(13-7-4-6-12(2)10-13)17(24)11-16(23)21-18-14(19)8-5-9-15(18)20/h4-10H,3,11H2,1-2H3,(H,21,23). The van der Waals surface area contributed by atoms with E-state index in [1.807, 2.05) is 25.1 Å². The lowest BCUT2D eigenvalue weighted by Crippen LogP contribution is -2.33. The molecule has 4 nitrogen and oxygen atoms in total. The normalized spacial score (nSPS) is 10.3. The van der Waals surface area contributed by atoms with Gasteiger partial charge >= 0.3 is 0 Å². The highest BCUT2D eigenvalue weighted by Gasteiger charge is 2.19. The van der Waals surface area contributed by atoms with Gasteiger partial charge in [-0.3, -0.25) is 9.59 Å². The van der Waals surface area contributed by atoms with Crippen molar-refractivity contribution in [1.29, 1.82) is 0 Å². The van der Waals surface area contributed by atoms with Crippen LogP contribution in [0.15, 0.2) is 42.5 Å². The average Bonchev–Trinajstić information content (AvgIpc) is 2.52. The SMILES string of the molecule is CCN(C(=O)CC(=O)Nc1c(F)cccc1F)c1cccc(C)c1. The van der Waals surface area contributed by atoms with Gasteiger partial charge in [0, 0.05) is 12.2 Å². The van der Waals surface area contributed by atoms with Crippen molar-refractivity contribution in [2.75, 3.05) is 16.8 Å². The number of halogens is 2. The van der Waals surface area contributed by atoms with Crippen molar-refractivity contribution in [1.82, 2.24) is 0 Å². The highest BCUT2D eigenvalue weighted by Crippen LogP contribution is 2.19. The minimum Gasteiger partial charge on any atom is -0.321 e. The monoisotopic (exact) mass is 332 g/mol. The molecule has 0 bridgehead atoms. The lowest BCUT2D eigenvalue weighted by molar-refractivity contribution is -0.125. The number of para-hydroxylation sites is 1. The summed E-state index contributed by atoms with van der Waals surface area (Å²) < 4.78 is 27.1. The van der Waals surface area contributed by atoms with Crippen LogP contribution in [0.4, 0.5) is 20.2 Å². The summed E-state index contributed by atoms with van der Waals surface area (Å²) >= 11 is 0. The number of hydrogen-bond donors (Lipinski definition) is 1. The van der Waals surface area contributed by atoms with Crippen LogP contribution in [0.5, 0.6) is 0 Å². The molecule has 2 aromatic rings. The van der Waals surface area contributed by atoms with Crippen molar-refractivity contribution in [3.8, 4) is 0 Å². The van der Waals surface area contributed by atoms with E-state index in [-0.39, 0.29) is 0 Å². The van der Waals surface area contributed by atoms with Gasteiger partial charge in [0.05, 0.1) is 0 Å². The van der Waals surface area contributed by atoms with E-state index in [4.69, 9.17) is 0 Å². The molecule has 0 aliphatic heterocycles. The van der Waals surface area contributed by atoms with E-state index in [1.54, 1.807) is 13.0 Å². The Morgan fingerprint density at radius 3 is 2.29 bits per heavy atom. The smallest absolute Gasteiger partial charge is 0.236 e. The molecule has 0 aliphatic rings. The molecule has 0 saturated heterocycles. The maximum absolute atomic E-state index is 13.5. The highest BCUT2D eigenvalue weighted by atomic mass is 19.1. The maximum atomic E-state index is 13.5. The zero-order valence-corrected chi connectivity index (χ0v) is 13.5. The number of carbonyl (C=O) groups is 2. The maximum Gasteiger partial charge on any atom is 0.236 e. The van der Waals surface area contributed by atoms with Gasteiger partial charge in [0.15, 0.2) is 0 Å². The first-order valence-corrected chi connectivity index (χ1v) is 7.53. The van der Waals surface area contributed by atoms with Crippen LogP contribution in [0.25, 0.3) is 0 Å². The number of anilines is 2. The number of rotatable bonds is 5. The van der Waals surface area contributed by atoms with Crippen molar-refractivity contribution in [2.24, 2.45) is 0 Å². The summed E-state index contributed by atoms with van der Waals surface area (Å²) in [5.41, 5.74) is 1.11. The molecule has 2 aromatic carbocycles. The van der Waals surface area contributed by atoms with Crippen molar-refractivity contribution in [3.05, 3.63) is 59.7 Å². The quantitative estimate of drug-likeness (QED) is 0.850. The molecule has 0 aliphatic carbocycles. The Balaban J connectivity index is 2.09. The van der Waals surface area contributed by atoms with Crippen LogP contribution in [0.1, 0.15) is 18.9 Å². The molecule has 2 amide bonds. The van der Waals surface area contributed by atoms with Crippen molar-refractivity contribution < 1.29 is 18.4 Å². The summed E-state index contributed by atoms with van der Waals surface area (Å²) in [6.07, 6.45) is -0.504. The molecule has 24 heavy (non-hydrogen) atoms. The summed E-state index contributed by atoms with van der Waals surface area (Å²) in [6.45, 7) is 4.06. The summed E-state index contributed by atoms with van der Waals surface area (Å²) in [5, 5.41) is 2.11. The first kappa shape index (κ1) is 17.6. The second-order valence-corrected chi connectivity index (χ2v) is 5.30. The Kier molecular flexibility index (Phi) is 5.63. The fraction of sp³-hybridized carbons (Fsp3) is 0.222. The molecule has 2 rings (SSSR count). The molecule has 0 heterocycles. The molecular formula is C18H18F2N2O2. The fourth-order valence-corrected chi connectivity index (χ4v) is 2.33. The third-order valence-corrected chi connectivity index (χ3v) is 3.47. The fourth-order valence-electron chi connectivity index (χ4n) is 2.33. The molecule has 0 saturated carbocycles. The zero-order chi connectivity index (χ0) is 17.7. The van der Waals surface area contributed by atoms with Crippen LogP contribution in [0, 0.1) is 18.6 Å². The van der Waals surface area contributed by atoms with Crippen LogP contribution in [-0.4, -0.2) is 18.4 Å². The first-order valence-electron chi connectivity index (χ1n) is 7.53. The van der Waals surface area contributed by atoms with Crippen LogP contribution in [0.2, 0.25) is 0 Å². The van der Waals surface area contributed by atoms with Crippen molar-refractivity contribution in [2.45, 2.75) is 20.3 Å². The summed E-state index contributed by atoms with van der Waals surface area (Å²) in [6, 6.07) is 10.6. The molecule has 0 atom stereocenters. The van der Waals surface area contributed by atoms with Gasteiger partial charge in [-0.25, -0.2) is 8.78 Å². The molecule has 0 aromatic heterocycles. The minimum atomic E-state index is -0.887. The van der Waals surface area contributed by atoms with Gasteiger partial charge in [0.2, 0.25) is 11.8 Å². The third kappa shape index (κ3) is 4.16. The third-order valence-electron chi connectivity index (χ3n) is 3.47. The lowest BCUT2D eigenvalue weighted by atomic mass is 10.2. The summed E-state index contributed by atoms with van der Waals surface area (Å²) in [4.78, 5) is 25.7. The number of benzene rings is 2. The van der Waals surface area contributed by atoms with E-state index in [0.29, 0.717) is 12.2 Å². The predicted molar refractivity (Wildman–Crippen MR) is 88.8 cm³/mol. The van der Waals surface area contributed by atoms with Crippen molar-refractivity contribution >= 4 is 23.2 Å². The van der Waals surface area contributed by atoms with Gasteiger partial charge in [0.25, 0.3) is 0 Å². The number of aryl methyl sites for hydroxylation is 1. The van der Waals surface area contributed by atoms with E-state index >= 15 is 0 Å². The van der Waals surface area contributed by atoms with E-state index in [1.165, 1.54) is 11.0 Å². The average molecular weight is 332 g/mol. The second-order valence-electron chi connectivity index (χ2n) is 5.30.